The van der Waals surface area contributed by atoms with E-state index in [0.717, 1.165) is 17.8 Å². The number of carbonyl (C=O) groups is 1. The molecule has 1 heterocycles. The topological polar surface area (TPSA) is 84.8 Å². The second-order valence-corrected chi connectivity index (χ2v) is 8.12. The zero-order valence-electron chi connectivity index (χ0n) is 13.3. The quantitative estimate of drug-likeness (QED) is 0.766. The van der Waals surface area contributed by atoms with Crippen molar-refractivity contribution in [2.45, 2.75) is 16.7 Å². The summed E-state index contributed by atoms with van der Waals surface area (Å²) in [5.41, 5.74) is 0.437. The van der Waals surface area contributed by atoms with E-state index in [0.29, 0.717) is 10.6 Å². The summed E-state index contributed by atoms with van der Waals surface area (Å²) in [5, 5.41) is 2.98. The van der Waals surface area contributed by atoms with Crippen LogP contribution in [0.3, 0.4) is 0 Å². The van der Waals surface area contributed by atoms with E-state index in [-0.39, 0.29) is 27.3 Å². The van der Waals surface area contributed by atoms with Gasteiger partial charge in [0.15, 0.2) is 5.17 Å². The number of nitrogens with one attached hydrogen (secondary N) is 1. The Kier molecular flexibility index (Phi) is 5.22. The zero-order chi connectivity index (χ0) is 18.9. The third-order valence-corrected chi connectivity index (χ3v) is 6.13. The van der Waals surface area contributed by atoms with Gasteiger partial charge < -0.3 is 10.1 Å². The summed E-state index contributed by atoms with van der Waals surface area (Å²) in [6, 6.07) is 7.93. The number of nitrogens with zero attached hydrogens (tertiary/aromatic N) is 1. The van der Waals surface area contributed by atoms with E-state index in [4.69, 9.17) is 16.3 Å². The molecule has 6 nitrogen and oxygen atoms in total. The van der Waals surface area contributed by atoms with Crippen LogP contribution in [0.25, 0.3) is 0 Å². The molecule has 26 heavy (non-hydrogen) atoms. The van der Waals surface area contributed by atoms with Crippen LogP contribution >= 0.6 is 23.4 Å². The van der Waals surface area contributed by atoms with Gasteiger partial charge in [0.05, 0.1) is 17.2 Å². The molecule has 1 N–H and O–H groups in total. The molecule has 0 amide bonds. The smallest absolute Gasteiger partial charge is 0.339 e. The first kappa shape index (κ1) is 18.7. The van der Waals surface area contributed by atoms with Gasteiger partial charge in [-0.2, -0.15) is 8.42 Å². The van der Waals surface area contributed by atoms with Crippen molar-refractivity contribution in [3.05, 3.63) is 52.8 Å². The summed E-state index contributed by atoms with van der Waals surface area (Å²) < 4.78 is 46.5. The van der Waals surface area contributed by atoms with Gasteiger partial charge in [0.25, 0.3) is 10.0 Å². The fourth-order valence-corrected chi connectivity index (χ4v) is 5.01. The number of hydrogen-bond acceptors (Lipinski definition) is 6. The molecule has 0 unspecified atom stereocenters. The van der Waals surface area contributed by atoms with Crippen LogP contribution in [0.2, 0.25) is 5.02 Å². The molecule has 0 radical (unpaired) electrons. The van der Waals surface area contributed by atoms with E-state index in [1.807, 2.05) is 0 Å². The maximum absolute atomic E-state index is 13.0. The van der Waals surface area contributed by atoms with Crippen molar-refractivity contribution in [2.24, 2.45) is 4.40 Å². The van der Waals surface area contributed by atoms with Gasteiger partial charge >= 0.3 is 5.97 Å². The molecule has 2 aromatic carbocycles. The molecule has 1 aliphatic heterocycles. The normalized spacial score (nSPS) is 15.0. The minimum absolute atomic E-state index is 0.0402. The summed E-state index contributed by atoms with van der Waals surface area (Å²) in [6.45, 7) is 1.77. The summed E-state index contributed by atoms with van der Waals surface area (Å²) >= 11 is 7.13. The van der Waals surface area contributed by atoms with Gasteiger partial charge in [-0.1, -0.05) is 11.6 Å². The first-order chi connectivity index (χ1) is 12.3. The zero-order valence-corrected chi connectivity index (χ0v) is 15.7. The lowest BCUT2D eigenvalue weighted by Gasteiger charge is -2.18. The molecule has 0 spiro atoms. The molecule has 0 aromatic heterocycles. The maximum Gasteiger partial charge on any atom is 0.339 e. The number of hydrogen-bond donors (Lipinski definition) is 1. The Morgan fingerprint density at radius 1 is 1.31 bits per heavy atom. The van der Waals surface area contributed by atoms with Gasteiger partial charge in [-0.3, -0.25) is 0 Å². The minimum Gasteiger partial charge on any atom is -0.462 e. The average Bonchev–Trinajstić information content (AvgIpc) is 2.56. The number of sulfonamides is 1. The molecule has 0 fully saturated rings. The van der Waals surface area contributed by atoms with Crippen molar-refractivity contribution in [2.75, 3.05) is 11.9 Å². The SMILES string of the molecule is CCOC(=O)c1cc2c(cc1Cl)SC(Nc1ccc(F)cc1)=NS2(=O)=O. The molecule has 0 saturated heterocycles. The number of rotatable bonds is 3. The van der Waals surface area contributed by atoms with Crippen LogP contribution in [0.15, 0.2) is 50.6 Å². The highest BCUT2D eigenvalue weighted by atomic mass is 35.5. The van der Waals surface area contributed by atoms with Crippen molar-refractivity contribution < 1.29 is 22.3 Å². The Labute approximate surface area is 158 Å². The summed E-state index contributed by atoms with van der Waals surface area (Å²) in [5.74, 6) is -1.12. The summed E-state index contributed by atoms with van der Waals surface area (Å²) in [7, 11) is -4.04. The summed E-state index contributed by atoms with van der Waals surface area (Å²) in [6.07, 6.45) is 0. The fraction of sp³-hybridized carbons (Fsp3) is 0.125. The Morgan fingerprint density at radius 2 is 2.00 bits per heavy atom. The number of benzene rings is 2. The van der Waals surface area contributed by atoms with Gasteiger partial charge in [0.1, 0.15) is 10.7 Å². The van der Waals surface area contributed by atoms with Crippen molar-refractivity contribution in [3.8, 4) is 0 Å². The lowest BCUT2D eigenvalue weighted by Crippen LogP contribution is -2.17. The second kappa shape index (κ2) is 7.26. The number of esters is 1. The Hall–Kier alpha value is -2.10. The first-order valence-corrected chi connectivity index (χ1v) is 9.99. The molecule has 3 rings (SSSR count). The Balaban J connectivity index is 1.96. The first-order valence-electron chi connectivity index (χ1n) is 7.36. The van der Waals surface area contributed by atoms with E-state index in [2.05, 4.69) is 9.71 Å². The van der Waals surface area contributed by atoms with Gasteiger partial charge in [-0.05, 0) is 55.1 Å². The molecule has 0 saturated carbocycles. The highest BCUT2D eigenvalue weighted by Crippen LogP contribution is 2.38. The molecule has 0 aliphatic carbocycles. The van der Waals surface area contributed by atoms with E-state index in [9.17, 15) is 17.6 Å². The van der Waals surface area contributed by atoms with Gasteiger partial charge in [-0.25, -0.2) is 9.18 Å². The molecular formula is C16H12ClFN2O4S2. The van der Waals surface area contributed by atoms with E-state index < -0.39 is 21.8 Å². The molecule has 136 valence electrons. The number of amidine groups is 1. The molecule has 0 atom stereocenters. The standard InChI is InChI=1S/C16H12ClFN2O4S2/c1-2-24-15(21)11-7-14-13(8-12(11)17)25-16(20-26(14,22)23)19-10-5-3-9(18)4-6-10/h3-8H,2H2,1H3,(H,19,20). The minimum atomic E-state index is -4.04. The third-order valence-electron chi connectivity index (χ3n) is 3.31. The van der Waals surface area contributed by atoms with Gasteiger partial charge in [0, 0.05) is 10.6 Å². The molecule has 10 heteroatoms. The van der Waals surface area contributed by atoms with Crippen molar-refractivity contribution >= 4 is 50.2 Å². The fourth-order valence-electron chi connectivity index (χ4n) is 2.17. The number of halogens is 2. The number of anilines is 1. The molecule has 0 bridgehead atoms. The van der Waals surface area contributed by atoms with E-state index in [1.54, 1.807) is 6.92 Å². The van der Waals surface area contributed by atoms with Crippen LogP contribution in [0.5, 0.6) is 0 Å². The van der Waals surface area contributed by atoms with Crippen LogP contribution in [0, 0.1) is 5.82 Å². The Morgan fingerprint density at radius 3 is 2.65 bits per heavy atom. The monoisotopic (exact) mass is 414 g/mol. The van der Waals surface area contributed by atoms with Crippen molar-refractivity contribution in [1.29, 1.82) is 0 Å². The van der Waals surface area contributed by atoms with Gasteiger partial charge in [0.2, 0.25) is 0 Å². The lowest BCUT2D eigenvalue weighted by atomic mass is 10.2. The summed E-state index contributed by atoms with van der Waals surface area (Å²) in [4.78, 5) is 12.1. The predicted molar refractivity (Wildman–Crippen MR) is 97.9 cm³/mol. The van der Waals surface area contributed by atoms with E-state index >= 15 is 0 Å². The van der Waals surface area contributed by atoms with Crippen LogP contribution in [-0.4, -0.2) is 26.2 Å². The largest absolute Gasteiger partial charge is 0.462 e. The number of fused-ring (bicyclic) bond motifs is 1. The van der Waals surface area contributed by atoms with Crippen molar-refractivity contribution in [3.63, 3.8) is 0 Å². The van der Waals surface area contributed by atoms with Crippen LogP contribution in [0.4, 0.5) is 10.1 Å². The highest BCUT2D eigenvalue weighted by Gasteiger charge is 2.29. The van der Waals surface area contributed by atoms with Crippen LogP contribution in [0.1, 0.15) is 17.3 Å². The molecule has 2 aromatic rings. The van der Waals surface area contributed by atoms with Crippen molar-refractivity contribution in [1.82, 2.24) is 0 Å². The Bertz CT molecular complexity index is 1010. The average molecular weight is 415 g/mol. The third kappa shape index (κ3) is 3.84. The van der Waals surface area contributed by atoms with Crippen LogP contribution < -0.4 is 5.32 Å². The number of thioether (sulfide) groups is 1. The van der Waals surface area contributed by atoms with E-state index in [1.165, 1.54) is 30.3 Å². The second-order valence-electron chi connectivity index (χ2n) is 5.10. The highest BCUT2D eigenvalue weighted by molar-refractivity contribution is 8.15. The van der Waals surface area contributed by atoms with Gasteiger partial charge in [-0.15, -0.1) is 4.40 Å². The van der Waals surface area contributed by atoms with Crippen LogP contribution in [-0.2, 0) is 14.8 Å². The number of carbonyl (C=O) groups excluding carboxylic acids is 1. The number of ether oxygens (including phenoxy) is 1. The molecule has 1 aliphatic rings. The predicted octanol–water partition coefficient (Wildman–Crippen LogP) is 3.92. The lowest BCUT2D eigenvalue weighted by molar-refractivity contribution is 0.0526. The maximum atomic E-state index is 13.0. The molecular weight excluding hydrogens is 403 g/mol.